The van der Waals surface area contributed by atoms with Crippen molar-refractivity contribution in [2.24, 2.45) is 0 Å². The third kappa shape index (κ3) is 6.71. The molecule has 0 aliphatic rings. The molecule has 0 spiro atoms. The Hall–Kier alpha value is -3.59. The van der Waals surface area contributed by atoms with Crippen molar-refractivity contribution in [2.45, 2.75) is 44.4 Å². The summed E-state index contributed by atoms with van der Waals surface area (Å²) in [5.74, 6) is 9.56. The van der Waals surface area contributed by atoms with Crippen LogP contribution < -0.4 is 0 Å². The number of rotatable bonds is 5. The second-order valence-corrected chi connectivity index (χ2v) is 8.59. The maximum absolute atomic E-state index is 14.4. The summed E-state index contributed by atoms with van der Waals surface area (Å²) in [6.07, 6.45) is 3.61. The fourth-order valence-electron chi connectivity index (χ4n) is 3.33. The van der Waals surface area contributed by atoms with Crippen LogP contribution >= 0.6 is 11.8 Å². The van der Waals surface area contributed by atoms with Crippen LogP contribution in [0, 0.1) is 58.7 Å². The van der Waals surface area contributed by atoms with Crippen molar-refractivity contribution in [3.63, 3.8) is 0 Å². The number of hydrogen-bond acceptors (Lipinski definition) is 2. The van der Waals surface area contributed by atoms with Gasteiger partial charge in [-0.3, -0.25) is 0 Å². The molecule has 3 aromatic carbocycles. The quantitative estimate of drug-likeness (QED) is 0.166. The number of unbranched alkanes of at least 4 members (excludes halogenated alkanes) is 2. The van der Waals surface area contributed by atoms with Gasteiger partial charge in [-0.05, 0) is 91.2 Å². The Bertz CT molecular complexity index is 1340. The lowest BCUT2D eigenvalue weighted by Gasteiger charge is -2.04. The highest BCUT2D eigenvalue weighted by atomic mass is 32.2. The molecule has 0 unspecified atom stereocenters. The molecule has 3 rings (SSSR count). The zero-order valence-electron chi connectivity index (χ0n) is 18.9. The maximum atomic E-state index is 14.4. The zero-order chi connectivity index (χ0) is 24.5. The van der Waals surface area contributed by atoms with Crippen LogP contribution in [0.2, 0.25) is 0 Å². The SMILES string of the molecule is CCCCCc1cc(F)c(C#Cc2ccc(C#Cc3ccc(SC#N)c(F)c3)c(C)c2)c(F)c1. The van der Waals surface area contributed by atoms with E-state index in [2.05, 4.69) is 30.6 Å². The molecule has 0 saturated heterocycles. The van der Waals surface area contributed by atoms with E-state index in [0.717, 1.165) is 42.2 Å². The van der Waals surface area contributed by atoms with E-state index in [4.69, 9.17) is 5.26 Å². The summed E-state index contributed by atoms with van der Waals surface area (Å²) in [6.45, 7) is 3.94. The van der Waals surface area contributed by atoms with E-state index >= 15 is 0 Å². The molecular formula is C29H22F3NS. The molecule has 0 atom stereocenters. The van der Waals surface area contributed by atoms with Gasteiger partial charge in [-0.2, -0.15) is 5.26 Å². The number of nitrogens with zero attached hydrogens (tertiary/aromatic N) is 1. The summed E-state index contributed by atoms with van der Waals surface area (Å²) in [5.41, 5.74) is 3.08. The number of hydrogen-bond donors (Lipinski definition) is 0. The first kappa shape index (κ1) is 25.0. The van der Waals surface area contributed by atoms with Crippen LogP contribution in [0.3, 0.4) is 0 Å². The number of thioether (sulfide) groups is 1. The Morgan fingerprint density at radius 3 is 2.12 bits per heavy atom. The standard InChI is InChI=1S/C29H22F3NS/c1-3-4-5-6-23-17-26(30)25(27(31)18-23)13-9-21-7-11-24(20(2)15-21)12-8-22-10-14-29(34-19-33)28(32)16-22/h7,10-11,14-18H,3-6H2,1-2H3. The minimum Gasteiger partial charge on any atom is -0.206 e. The average molecular weight is 474 g/mol. The highest BCUT2D eigenvalue weighted by Crippen LogP contribution is 2.21. The van der Waals surface area contributed by atoms with Crippen molar-refractivity contribution in [3.8, 4) is 29.1 Å². The Kier molecular flexibility index (Phi) is 8.86. The van der Waals surface area contributed by atoms with Crippen molar-refractivity contribution in [1.29, 1.82) is 5.26 Å². The predicted octanol–water partition coefficient (Wildman–Crippen LogP) is 7.52. The summed E-state index contributed by atoms with van der Waals surface area (Å²) in [5, 5.41) is 10.5. The zero-order valence-corrected chi connectivity index (χ0v) is 19.8. The molecule has 0 radical (unpaired) electrons. The predicted molar refractivity (Wildman–Crippen MR) is 131 cm³/mol. The van der Waals surface area contributed by atoms with Crippen LogP contribution in [-0.4, -0.2) is 0 Å². The van der Waals surface area contributed by atoms with Crippen LogP contribution in [0.5, 0.6) is 0 Å². The maximum Gasteiger partial charge on any atom is 0.142 e. The lowest BCUT2D eigenvalue weighted by molar-refractivity contribution is 0.572. The van der Waals surface area contributed by atoms with E-state index in [1.165, 1.54) is 24.3 Å². The van der Waals surface area contributed by atoms with Gasteiger partial charge in [-0.25, -0.2) is 13.2 Å². The molecular weight excluding hydrogens is 451 g/mol. The van der Waals surface area contributed by atoms with Crippen molar-refractivity contribution < 1.29 is 13.2 Å². The van der Waals surface area contributed by atoms with Gasteiger partial charge in [-0.1, -0.05) is 43.4 Å². The second kappa shape index (κ2) is 12.0. The average Bonchev–Trinajstić information content (AvgIpc) is 2.80. The van der Waals surface area contributed by atoms with Gasteiger partial charge >= 0.3 is 0 Å². The Balaban J connectivity index is 1.77. The summed E-state index contributed by atoms with van der Waals surface area (Å²) in [7, 11) is 0. The molecule has 0 aliphatic heterocycles. The van der Waals surface area contributed by atoms with Crippen LogP contribution in [-0.2, 0) is 6.42 Å². The summed E-state index contributed by atoms with van der Waals surface area (Å²) >= 11 is 0.761. The Labute approximate surface area is 203 Å². The number of thiocyanates is 1. The van der Waals surface area contributed by atoms with Crippen LogP contribution in [0.1, 0.15) is 59.6 Å². The molecule has 0 amide bonds. The first-order chi connectivity index (χ1) is 16.4. The third-order valence-electron chi connectivity index (χ3n) is 5.16. The van der Waals surface area contributed by atoms with Gasteiger partial charge in [0.25, 0.3) is 0 Å². The van der Waals surface area contributed by atoms with Gasteiger partial charge in [0.15, 0.2) is 0 Å². The van der Waals surface area contributed by atoms with Crippen molar-refractivity contribution in [1.82, 2.24) is 0 Å². The summed E-state index contributed by atoms with van der Waals surface area (Å²) in [6, 6.07) is 12.5. The molecule has 0 fully saturated rings. The summed E-state index contributed by atoms with van der Waals surface area (Å²) < 4.78 is 42.8. The first-order valence-electron chi connectivity index (χ1n) is 10.9. The Morgan fingerprint density at radius 2 is 1.47 bits per heavy atom. The van der Waals surface area contributed by atoms with Gasteiger partial charge < -0.3 is 0 Å². The van der Waals surface area contributed by atoms with Gasteiger partial charge in [0.2, 0.25) is 0 Å². The molecule has 0 aliphatic carbocycles. The number of benzene rings is 3. The molecule has 3 aromatic rings. The van der Waals surface area contributed by atoms with Crippen molar-refractivity contribution >= 4 is 11.8 Å². The topological polar surface area (TPSA) is 23.8 Å². The van der Waals surface area contributed by atoms with E-state index < -0.39 is 17.5 Å². The van der Waals surface area contributed by atoms with Crippen molar-refractivity contribution in [2.75, 3.05) is 0 Å². The summed E-state index contributed by atoms with van der Waals surface area (Å²) in [4.78, 5) is 0.256. The van der Waals surface area contributed by atoms with Gasteiger partial charge in [-0.15, -0.1) is 0 Å². The second-order valence-electron chi connectivity index (χ2n) is 7.76. The highest BCUT2D eigenvalue weighted by molar-refractivity contribution is 8.03. The molecule has 34 heavy (non-hydrogen) atoms. The van der Waals surface area contributed by atoms with Crippen LogP contribution in [0.15, 0.2) is 53.4 Å². The fourth-order valence-corrected chi connectivity index (χ4v) is 3.73. The van der Waals surface area contributed by atoms with E-state index in [1.807, 2.05) is 12.3 Å². The monoisotopic (exact) mass is 473 g/mol. The molecule has 0 N–H and O–H groups in total. The van der Waals surface area contributed by atoms with Gasteiger partial charge in [0, 0.05) is 16.7 Å². The van der Waals surface area contributed by atoms with E-state index in [1.54, 1.807) is 24.3 Å². The molecule has 0 aromatic heterocycles. The lowest BCUT2D eigenvalue weighted by atomic mass is 10.0. The van der Waals surface area contributed by atoms with E-state index in [0.29, 0.717) is 23.1 Å². The van der Waals surface area contributed by atoms with E-state index in [9.17, 15) is 13.2 Å². The first-order valence-corrected chi connectivity index (χ1v) is 11.7. The fraction of sp³-hybridized carbons (Fsp3) is 0.207. The molecule has 0 bridgehead atoms. The number of halogens is 3. The van der Waals surface area contributed by atoms with Crippen LogP contribution in [0.4, 0.5) is 13.2 Å². The highest BCUT2D eigenvalue weighted by Gasteiger charge is 2.09. The number of nitriles is 1. The molecule has 1 nitrogen and oxygen atoms in total. The molecule has 0 heterocycles. The molecule has 5 heteroatoms. The lowest BCUT2D eigenvalue weighted by Crippen LogP contribution is -1.95. The largest absolute Gasteiger partial charge is 0.206 e. The Morgan fingerprint density at radius 1 is 0.794 bits per heavy atom. The molecule has 170 valence electrons. The van der Waals surface area contributed by atoms with Gasteiger partial charge in [0.1, 0.15) is 22.9 Å². The number of aryl methyl sites for hydroxylation is 2. The van der Waals surface area contributed by atoms with E-state index in [-0.39, 0.29) is 10.5 Å². The van der Waals surface area contributed by atoms with Gasteiger partial charge in [0.05, 0.1) is 10.5 Å². The normalized spacial score (nSPS) is 10.0. The van der Waals surface area contributed by atoms with Crippen LogP contribution in [0.25, 0.3) is 0 Å². The smallest absolute Gasteiger partial charge is 0.142 e. The third-order valence-corrected chi connectivity index (χ3v) is 5.80. The molecule has 0 saturated carbocycles. The minimum atomic E-state index is -0.648. The van der Waals surface area contributed by atoms with Crippen molar-refractivity contribution in [3.05, 3.63) is 99.4 Å². The minimum absolute atomic E-state index is 0.235.